The number of aromatic nitrogens is 1. The molecule has 0 unspecified atom stereocenters. The quantitative estimate of drug-likeness (QED) is 0.881. The lowest BCUT2D eigenvalue weighted by Crippen LogP contribution is -2.12. The second kappa shape index (κ2) is 5.78. The number of alkyl halides is 1. The molecular formula is C14H13BrN2O. The van der Waals surface area contributed by atoms with Crippen molar-refractivity contribution in [2.45, 2.75) is 12.3 Å². The molecule has 92 valence electrons. The normalized spacial score (nSPS) is 10.1. The molecule has 2 rings (SSSR count). The maximum absolute atomic E-state index is 11.9. The van der Waals surface area contributed by atoms with E-state index in [4.69, 9.17) is 0 Å². The Hall–Kier alpha value is -1.68. The van der Waals surface area contributed by atoms with Crippen molar-refractivity contribution in [1.29, 1.82) is 0 Å². The molecule has 3 nitrogen and oxygen atoms in total. The molecule has 1 N–H and O–H groups in total. The van der Waals surface area contributed by atoms with Gasteiger partial charge >= 0.3 is 0 Å². The Balaban J connectivity index is 2.08. The van der Waals surface area contributed by atoms with E-state index in [1.165, 1.54) is 5.56 Å². The minimum absolute atomic E-state index is 0.144. The fraction of sp³-hybridized carbons (Fsp3) is 0.143. The van der Waals surface area contributed by atoms with Crippen LogP contribution in [0.15, 0.2) is 42.6 Å². The molecule has 1 heterocycles. The second-order valence-corrected chi connectivity index (χ2v) is 4.53. The van der Waals surface area contributed by atoms with Crippen LogP contribution in [0.25, 0.3) is 0 Å². The van der Waals surface area contributed by atoms with Gasteiger partial charge in [0.1, 0.15) is 0 Å². The van der Waals surface area contributed by atoms with E-state index in [0.29, 0.717) is 5.56 Å². The minimum atomic E-state index is -0.144. The Bertz CT molecular complexity index is 535. The highest BCUT2D eigenvalue weighted by Gasteiger charge is 2.05. The van der Waals surface area contributed by atoms with Crippen LogP contribution in [0.1, 0.15) is 21.6 Å². The van der Waals surface area contributed by atoms with E-state index in [2.05, 4.69) is 26.2 Å². The third-order valence-corrected chi connectivity index (χ3v) is 3.19. The largest absolute Gasteiger partial charge is 0.322 e. The van der Waals surface area contributed by atoms with E-state index in [0.717, 1.165) is 16.7 Å². The first kappa shape index (κ1) is 12.8. The Labute approximate surface area is 114 Å². The number of nitrogens with zero attached hydrogens (tertiary/aromatic N) is 1. The van der Waals surface area contributed by atoms with Crippen molar-refractivity contribution in [3.05, 3.63) is 59.4 Å². The van der Waals surface area contributed by atoms with Gasteiger partial charge in [0.25, 0.3) is 5.91 Å². The number of amides is 1. The molecule has 1 aromatic carbocycles. The van der Waals surface area contributed by atoms with Gasteiger partial charge in [-0.05, 0) is 36.8 Å². The average molecular weight is 305 g/mol. The van der Waals surface area contributed by atoms with Gasteiger partial charge < -0.3 is 5.32 Å². The fourth-order valence-electron chi connectivity index (χ4n) is 1.48. The van der Waals surface area contributed by atoms with Crippen LogP contribution < -0.4 is 5.32 Å². The molecule has 1 aromatic heterocycles. The zero-order valence-corrected chi connectivity index (χ0v) is 11.6. The SMILES string of the molecule is Cc1ccc(C(=O)Nc2ccc(CBr)cc2)cn1. The van der Waals surface area contributed by atoms with E-state index in [1.807, 2.05) is 37.3 Å². The Morgan fingerprint density at radius 2 is 1.94 bits per heavy atom. The first-order chi connectivity index (χ1) is 8.69. The van der Waals surface area contributed by atoms with E-state index < -0.39 is 0 Å². The predicted molar refractivity (Wildman–Crippen MR) is 76.0 cm³/mol. The van der Waals surface area contributed by atoms with Crippen LogP contribution in [0.4, 0.5) is 5.69 Å². The number of halogens is 1. The molecule has 0 aliphatic rings. The Morgan fingerprint density at radius 1 is 1.22 bits per heavy atom. The van der Waals surface area contributed by atoms with Gasteiger partial charge in [-0.15, -0.1) is 0 Å². The summed E-state index contributed by atoms with van der Waals surface area (Å²) in [6.45, 7) is 1.89. The smallest absolute Gasteiger partial charge is 0.257 e. The van der Waals surface area contributed by atoms with Crippen LogP contribution in [0.3, 0.4) is 0 Å². The highest BCUT2D eigenvalue weighted by molar-refractivity contribution is 9.08. The van der Waals surface area contributed by atoms with Gasteiger partial charge in [-0.1, -0.05) is 28.1 Å². The fourth-order valence-corrected chi connectivity index (χ4v) is 1.86. The van der Waals surface area contributed by atoms with Gasteiger partial charge in [-0.3, -0.25) is 9.78 Å². The van der Waals surface area contributed by atoms with E-state index in [9.17, 15) is 4.79 Å². The summed E-state index contributed by atoms with van der Waals surface area (Å²) in [6.07, 6.45) is 1.58. The number of hydrogen-bond donors (Lipinski definition) is 1. The Kier molecular flexibility index (Phi) is 4.10. The standard InChI is InChI=1S/C14H13BrN2O/c1-10-2-5-12(9-16-10)14(18)17-13-6-3-11(8-15)4-7-13/h2-7,9H,8H2,1H3,(H,17,18). The summed E-state index contributed by atoms with van der Waals surface area (Å²) in [4.78, 5) is 16.0. The average Bonchev–Trinajstić information content (AvgIpc) is 2.40. The summed E-state index contributed by atoms with van der Waals surface area (Å²) in [6, 6.07) is 11.3. The topological polar surface area (TPSA) is 42.0 Å². The number of benzene rings is 1. The molecule has 0 atom stereocenters. The Morgan fingerprint density at radius 3 is 2.50 bits per heavy atom. The van der Waals surface area contributed by atoms with Crippen molar-refractivity contribution in [2.75, 3.05) is 5.32 Å². The number of pyridine rings is 1. The number of hydrogen-bond acceptors (Lipinski definition) is 2. The summed E-state index contributed by atoms with van der Waals surface area (Å²) in [5.74, 6) is -0.144. The van der Waals surface area contributed by atoms with E-state index in [-0.39, 0.29) is 5.91 Å². The molecule has 1 amide bonds. The van der Waals surface area contributed by atoms with Gasteiger partial charge in [0.05, 0.1) is 5.56 Å². The molecule has 0 saturated carbocycles. The molecule has 2 aromatic rings. The number of carbonyl (C=O) groups excluding carboxylic acids is 1. The molecule has 18 heavy (non-hydrogen) atoms. The molecule has 0 saturated heterocycles. The molecule has 4 heteroatoms. The van der Waals surface area contributed by atoms with E-state index >= 15 is 0 Å². The summed E-state index contributed by atoms with van der Waals surface area (Å²) >= 11 is 3.38. The van der Waals surface area contributed by atoms with Gasteiger partial charge in [0, 0.05) is 22.9 Å². The van der Waals surface area contributed by atoms with E-state index in [1.54, 1.807) is 12.3 Å². The molecule has 0 radical (unpaired) electrons. The highest BCUT2D eigenvalue weighted by Crippen LogP contribution is 2.13. The third kappa shape index (κ3) is 3.17. The van der Waals surface area contributed by atoms with Crippen molar-refractivity contribution in [2.24, 2.45) is 0 Å². The number of carbonyl (C=O) groups is 1. The van der Waals surface area contributed by atoms with Crippen LogP contribution in [0.5, 0.6) is 0 Å². The second-order valence-electron chi connectivity index (χ2n) is 3.97. The summed E-state index contributed by atoms with van der Waals surface area (Å²) in [7, 11) is 0. The number of anilines is 1. The maximum Gasteiger partial charge on any atom is 0.257 e. The van der Waals surface area contributed by atoms with Gasteiger partial charge in [-0.2, -0.15) is 0 Å². The van der Waals surface area contributed by atoms with Gasteiger partial charge in [0.15, 0.2) is 0 Å². The molecule has 0 aliphatic carbocycles. The lowest BCUT2D eigenvalue weighted by molar-refractivity contribution is 0.102. The van der Waals surface area contributed by atoms with Crippen LogP contribution >= 0.6 is 15.9 Å². The number of rotatable bonds is 3. The van der Waals surface area contributed by atoms with Gasteiger partial charge in [-0.25, -0.2) is 0 Å². The van der Waals surface area contributed by atoms with Crippen LogP contribution in [-0.4, -0.2) is 10.9 Å². The molecule has 0 fully saturated rings. The highest BCUT2D eigenvalue weighted by atomic mass is 79.9. The number of nitrogens with one attached hydrogen (secondary N) is 1. The summed E-state index contributed by atoms with van der Waals surface area (Å²) in [5, 5.41) is 3.64. The molecule has 0 spiro atoms. The maximum atomic E-state index is 11.9. The van der Waals surface area contributed by atoms with Crippen molar-refractivity contribution in [3.8, 4) is 0 Å². The number of aryl methyl sites for hydroxylation is 1. The van der Waals surface area contributed by atoms with Crippen LogP contribution in [0.2, 0.25) is 0 Å². The zero-order chi connectivity index (χ0) is 13.0. The van der Waals surface area contributed by atoms with Gasteiger partial charge in [0.2, 0.25) is 0 Å². The minimum Gasteiger partial charge on any atom is -0.322 e. The van der Waals surface area contributed by atoms with Crippen molar-refractivity contribution in [1.82, 2.24) is 4.98 Å². The van der Waals surface area contributed by atoms with Crippen molar-refractivity contribution < 1.29 is 4.79 Å². The third-order valence-electron chi connectivity index (χ3n) is 2.54. The summed E-state index contributed by atoms with van der Waals surface area (Å²) < 4.78 is 0. The van der Waals surface area contributed by atoms with Crippen molar-refractivity contribution in [3.63, 3.8) is 0 Å². The van der Waals surface area contributed by atoms with Crippen molar-refractivity contribution >= 4 is 27.5 Å². The van der Waals surface area contributed by atoms with Crippen LogP contribution in [-0.2, 0) is 5.33 Å². The first-order valence-corrected chi connectivity index (χ1v) is 6.70. The predicted octanol–water partition coefficient (Wildman–Crippen LogP) is 3.54. The van der Waals surface area contributed by atoms with Crippen LogP contribution in [0, 0.1) is 6.92 Å². The summed E-state index contributed by atoms with van der Waals surface area (Å²) in [5.41, 5.74) is 3.41. The molecule has 0 aliphatic heterocycles. The zero-order valence-electron chi connectivity index (χ0n) is 9.98. The lowest BCUT2D eigenvalue weighted by atomic mass is 10.2. The monoisotopic (exact) mass is 304 g/mol. The first-order valence-electron chi connectivity index (χ1n) is 5.58. The molecule has 0 bridgehead atoms. The molecular weight excluding hydrogens is 292 g/mol. The lowest BCUT2D eigenvalue weighted by Gasteiger charge is -2.05.